The summed E-state index contributed by atoms with van der Waals surface area (Å²) in [6.45, 7) is 12.6. The molecule has 0 bridgehead atoms. The summed E-state index contributed by atoms with van der Waals surface area (Å²) in [4.78, 5) is 2.69. The van der Waals surface area contributed by atoms with Crippen molar-refractivity contribution in [2.45, 2.75) is 78.2 Å². The lowest BCUT2D eigenvalue weighted by atomic mass is 9.85. The molecule has 2 heteroatoms. The molecule has 0 aromatic rings. The van der Waals surface area contributed by atoms with Gasteiger partial charge in [-0.15, -0.1) is 0 Å². The van der Waals surface area contributed by atoms with Crippen LogP contribution in [0.2, 0.25) is 0 Å². The minimum absolute atomic E-state index is 0.299. The molecule has 1 rings (SSSR count). The maximum Gasteiger partial charge on any atom is 0.0331 e. The van der Waals surface area contributed by atoms with Gasteiger partial charge in [-0.3, -0.25) is 4.90 Å². The van der Waals surface area contributed by atoms with Gasteiger partial charge in [-0.25, -0.2) is 0 Å². The van der Waals surface area contributed by atoms with Crippen molar-refractivity contribution in [2.75, 3.05) is 19.6 Å². The minimum Gasteiger partial charge on any atom is -0.329 e. The van der Waals surface area contributed by atoms with Crippen LogP contribution in [-0.4, -0.2) is 30.1 Å². The Kier molecular flexibility index (Phi) is 7.38. The van der Waals surface area contributed by atoms with Crippen molar-refractivity contribution in [3.8, 4) is 0 Å². The van der Waals surface area contributed by atoms with Gasteiger partial charge in [0.25, 0.3) is 0 Å². The lowest BCUT2D eigenvalue weighted by Crippen LogP contribution is -2.54. The number of nitrogens with two attached hydrogens (primary N) is 1. The van der Waals surface area contributed by atoms with Crippen LogP contribution in [0.4, 0.5) is 0 Å². The first-order chi connectivity index (χ1) is 9.09. The van der Waals surface area contributed by atoms with E-state index in [1.54, 1.807) is 0 Å². The first-order valence-electron chi connectivity index (χ1n) is 8.54. The van der Waals surface area contributed by atoms with E-state index in [-0.39, 0.29) is 0 Å². The van der Waals surface area contributed by atoms with E-state index in [2.05, 4.69) is 32.6 Å². The van der Waals surface area contributed by atoms with Gasteiger partial charge in [-0.05, 0) is 50.6 Å². The topological polar surface area (TPSA) is 29.3 Å². The Balaban J connectivity index is 2.72. The molecule has 0 amide bonds. The molecular weight excluding hydrogens is 232 g/mol. The number of rotatable bonds is 7. The minimum atomic E-state index is 0.299. The maximum atomic E-state index is 6.24. The van der Waals surface area contributed by atoms with Gasteiger partial charge in [0, 0.05) is 12.1 Å². The monoisotopic (exact) mass is 268 g/mol. The van der Waals surface area contributed by atoms with Crippen LogP contribution in [-0.2, 0) is 0 Å². The third-order valence-corrected chi connectivity index (χ3v) is 5.35. The number of nitrogens with zero attached hydrogens (tertiary/aromatic N) is 1. The quantitative estimate of drug-likeness (QED) is 0.706. The van der Waals surface area contributed by atoms with E-state index >= 15 is 0 Å². The van der Waals surface area contributed by atoms with Gasteiger partial charge in [-0.2, -0.15) is 0 Å². The Morgan fingerprint density at radius 1 is 1.21 bits per heavy atom. The Bertz CT molecular complexity index is 239. The smallest absolute Gasteiger partial charge is 0.0331 e. The Labute approximate surface area is 121 Å². The first-order valence-corrected chi connectivity index (χ1v) is 8.54. The number of hydrogen-bond acceptors (Lipinski definition) is 2. The zero-order valence-electron chi connectivity index (χ0n) is 13.8. The zero-order valence-corrected chi connectivity index (χ0v) is 13.8. The van der Waals surface area contributed by atoms with Gasteiger partial charge < -0.3 is 5.73 Å². The van der Waals surface area contributed by atoms with Crippen molar-refractivity contribution < 1.29 is 0 Å². The van der Waals surface area contributed by atoms with Crippen LogP contribution in [0, 0.1) is 11.8 Å². The lowest BCUT2D eigenvalue weighted by Gasteiger charge is -2.43. The second-order valence-electron chi connectivity index (χ2n) is 6.80. The summed E-state index contributed by atoms with van der Waals surface area (Å²) < 4.78 is 0. The van der Waals surface area contributed by atoms with Gasteiger partial charge in [0.15, 0.2) is 0 Å². The van der Waals surface area contributed by atoms with E-state index < -0.39 is 0 Å². The van der Waals surface area contributed by atoms with E-state index in [0.29, 0.717) is 5.54 Å². The molecule has 1 fully saturated rings. The van der Waals surface area contributed by atoms with E-state index in [1.165, 1.54) is 51.5 Å². The molecule has 2 unspecified atom stereocenters. The van der Waals surface area contributed by atoms with E-state index in [4.69, 9.17) is 5.73 Å². The molecule has 0 aromatic carbocycles. The molecule has 0 heterocycles. The predicted octanol–water partition coefficient (Wildman–Crippen LogP) is 4.04. The number of likely N-dealkylation sites (N-methyl/N-ethyl adjacent to an activating group) is 1. The second-order valence-corrected chi connectivity index (χ2v) is 6.80. The van der Waals surface area contributed by atoms with Crippen molar-refractivity contribution >= 4 is 0 Å². The molecule has 1 aliphatic carbocycles. The summed E-state index contributed by atoms with van der Waals surface area (Å²) in [6, 6.07) is 0. The van der Waals surface area contributed by atoms with Gasteiger partial charge in [0.2, 0.25) is 0 Å². The molecule has 114 valence electrons. The summed E-state index contributed by atoms with van der Waals surface area (Å²) in [6.07, 6.45) is 9.36. The van der Waals surface area contributed by atoms with Crippen LogP contribution in [0.3, 0.4) is 0 Å². The fourth-order valence-electron chi connectivity index (χ4n) is 3.81. The highest BCUT2D eigenvalue weighted by Gasteiger charge is 2.36. The van der Waals surface area contributed by atoms with Gasteiger partial charge in [-0.1, -0.05) is 47.0 Å². The molecule has 0 aromatic heterocycles. The van der Waals surface area contributed by atoms with Gasteiger partial charge in [0.1, 0.15) is 0 Å². The molecule has 0 radical (unpaired) electrons. The molecular formula is C17H36N2. The molecule has 0 saturated heterocycles. The van der Waals surface area contributed by atoms with E-state index in [1.807, 2.05) is 0 Å². The Hall–Kier alpha value is -0.0800. The molecule has 2 atom stereocenters. The number of hydrogen-bond donors (Lipinski definition) is 1. The third-order valence-electron chi connectivity index (χ3n) is 5.35. The summed E-state index contributed by atoms with van der Waals surface area (Å²) >= 11 is 0. The summed E-state index contributed by atoms with van der Waals surface area (Å²) in [7, 11) is 0. The van der Waals surface area contributed by atoms with Crippen LogP contribution in [0.5, 0.6) is 0 Å². The molecule has 19 heavy (non-hydrogen) atoms. The van der Waals surface area contributed by atoms with Gasteiger partial charge in [0.05, 0.1) is 0 Å². The predicted molar refractivity (Wildman–Crippen MR) is 85.4 cm³/mol. The van der Waals surface area contributed by atoms with Gasteiger partial charge >= 0.3 is 0 Å². The molecule has 0 spiro atoms. The summed E-state index contributed by atoms with van der Waals surface area (Å²) in [5.74, 6) is 1.75. The average Bonchev–Trinajstić information content (AvgIpc) is 2.63. The SMILES string of the molecule is CCCCN(CC)C1(CN)CCCC(C(C)C)CC1. The maximum absolute atomic E-state index is 6.24. The van der Waals surface area contributed by atoms with Crippen LogP contribution in [0.25, 0.3) is 0 Å². The van der Waals surface area contributed by atoms with Crippen LogP contribution >= 0.6 is 0 Å². The fraction of sp³-hybridized carbons (Fsp3) is 1.00. The highest BCUT2D eigenvalue weighted by molar-refractivity contribution is 4.94. The lowest BCUT2D eigenvalue weighted by molar-refractivity contribution is 0.0801. The van der Waals surface area contributed by atoms with Crippen LogP contribution in [0.1, 0.15) is 72.6 Å². The molecule has 0 aliphatic heterocycles. The first kappa shape index (κ1) is 17.0. The summed E-state index contributed by atoms with van der Waals surface area (Å²) in [5, 5.41) is 0. The van der Waals surface area contributed by atoms with Crippen molar-refractivity contribution in [3.05, 3.63) is 0 Å². The Morgan fingerprint density at radius 2 is 1.95 bits per heavy atom. The third kappa shape index (κ3) is 4.46. The van der Waals surface area contributed by atoms with Crippen molar-refractivity contribution in [2.24, 2.45) is 17.6 Å². The normalized spacial score (nSPS) is 28.9. The van der Waals surface area contributed by atoms with Crippen molar-refractivity contribution in [1.82, 2.24) is 4.90 Å². The van der Waals surface area contributed by atoms with Crippen molar-refractivity contribution in [3.63, 3.8) is 0 Å². The molecule has 1 saturated carbocycles. The van der Waals surface area contributed by atoms with Crippen LogP contribution < -0.4 is 5.73 Å². The average molecular weight is 268 g/mol. The largest absolute Gasteiger partial charge is 0.329 e. The van der Waals surface area contributed by atoms with E-state index in [9.17, 15) is 0 Å². The number of unbranched alkanes of at least 4 members (excludes halogenated alkanes) is 1. The van der Waals surface area contributed by atoms with Crippen molar-refractivity contribution in [1.29, 1.82) is 0 Å². The second kappa shape index (κ2) is 8.26. The molecule has 2 N–H and O–H groups in total. The molecule has 1 aliphatic rings. The Morgan fingerprint density at radius 3 is 2.47 bits per heavy atom. The summed E-state index contributed by atoms with van der Waals surface area (Å²) in [5.41, 5.74) is 6.53. The molecule has 2 nitrogen and oxygen atoms in total. The standard InChI is InChI=1S/C17H36N2/c1-5-7-13-19(6-2)17(14-18)11-8-9-16(10-12-17)15(3)4/h15-16H,5-14,18H2,1-4H3. The highest BCUT2D eigenvalue weighted by atomic mass is 15.2. The van der Waals surface area contributed by atoms with Crippen LogP contribution in [0.15, 0.2) is 0 Å². The zero-order chi connectivity index (χ0) is 14.3. The fourth-order valence-corrected chi connectivity index (χ4v) is 3.81. The highest BCUT2D eigenvalue weighted by Crippen LogP contribution is 2.37. The van der Waals surface area contributed by atoms with E-state index in [0.717, 1.165) is 24.9 Å².